The fourth-order valence-corrected chi connectivity index (χ4v) is 0.969. The van der Waals surface area contributed by atoms with Gasteiger partial charge in [-0.05, 0) is 12.0 Å². The summed E-state index contributed by atoms with van der Waals surface area (Å²) in [6, 6.07) is 9.59. The summed E-state index contributed by atoms with van der Waals surface area (Å²) < 4.78 is 1.21. The van der Waals surface area contributed by atoms with Crippen molar-refractivity contribution in [2.45, 2.75) is 24.4 Å². The quantitative estimate of drug-likeness (QED) is 0.664. The van der Waals surface area contributed by atoms with Gasteiger partial charge in [-0.1, -0.05) is 43.8 Å². The molecule has 88 valence electrons. The minimum absolute atomic E-state index is 0. The van der Waals surface area contributed by atoms with Gasteiger partial charge < -0.3 is 5.11 Å². The third-order valence-corrected chi connectivity index (χ3v) is 2.69. The van der Waals surface area contributed by atoms with Gasteiger partial charge in [0.05, 0.1) is 6.10 Å². The van der Waals surface area contributed by atoms with Crippen molar-refractivity contribution < 1.29 is 5.11 Å². The van der Waals surface area contributed by atoms with Crippen molar-refractivity contribution in [2.24, 2.45) is 0 Å². The zero-order valence-electron chi connectivity index (χ0n) is 8.97. The molecule has 0 saturated heterocycles. The van der Waals surface area contributed by atoms with Gasteiger partial charge in [-0.3, -0.25) is 0 Å². The molecule has 0 heterocycles. The topological polar surface area (TPSA) is 20.2 Å². The second-order valence-electron chi connectivity index (χ2n) is 2.98. The Morgan fingerprint density at radius 1 is 1.19 bits per heavy atom. The zero-order valence-corrected chi connectivity index (χ0v) is 12.3. The molecule has 1 rings (SSSR count). The van der Waals surface area contributed by atoms with E-state index in [2.05, 4.69) is 13.2 Å². The number of benzene rings is 1. The van der Waals surface area contributed by atoms with E-state index in [4.69, 9.17) is 0 Å². The van der Waals surface area contributed by atoms with Crippen molar-refractivity contribution in [2.75, 3.05) is 0 Å². The first-order valence-electron chi connectivity index (χ1n) is 4.91. The standard InChI is InChI=1S/C10H12O.C3H5.CH4.Sn.H/c1-2-6-10(11)9-7-4-3-5-8-9;1-3-2;;;/h2-5,7-8,10-11H,1,6H2;3H,1-2H2;1H4;;. The molecule has 1 aromatic rings. The first-order chi connectivity index (χ1) is 7.26. The van der Waals surface area contributed by atoms with E-state index in [1.54, 1.807) is 6.08 Å². The van der Waals surface area contributed by atoms with Gasteiger partial charge in [0.1, 0.15) is 0 Å². The average molecular weight is 325 g/mol. The van der Waals surface area contributed by atoms with Crippen LogP contribution in [0.1, 0.15) is 25.5 Å². The minimum atomic E-state index is -0.395. The Bertz CT molecular complexity index is 269. The molecule has 0 amide bonds. The average Bonchev–Trinajstić information content (AvgIpc) is 2.31. The first-order valence-corrected chi connectivity index (χ1v) is 7.24. The van der Waals surface area contributed by atoms with Crippen molar-refractivity contribution in [3.8, 4) is 0 Å². The Kier molecular flexibility index (Phi) is 14.0. The Morgan fingerprint density at radius 3 is 2.06 bits per heavy atom. The number of aliphatic hydroxyl groups excluding tert-OH is 1. The van der Waals surface area contributed by atoms with Crippen molar-refractivity contribution >= 4 is 22.5 Å². The van der Waals surface area contributed by atoms with E-state index in [9.17, 15) is 5.11 Å². The van der Waals surface area contributed by atoms with Crippen LogP contribution in [0.5, 0.6) is 0 Å². The molecular formula is C14H22OSn. The normalized spacial score (nSPS) is 10.1. The van der Waals surface area contributed by atoms with Crippen LogP contribution in [0.3, 0.4) is 0 Å². The first kappa shape index (κ1) is 17.8. The number of hydrogen-bond acceptors (Lipinski definition) is 1. The molecule has 1 aromatic carbocycles. The molecule has 0 aromatic heterocycles. The molecule has 0 bridgehead atoms. The van der Waals surface area contributed by atoms with Crippen LogP contribution < -0.4 is 0 Å². The van der Waals surface area contributed by atoms with Crippen molar-refractivity contribution in [1.29, 1.82) is 0 Å². The summed E-state index contributed by atoms with van der Waals surface area (Å²) in [7, 11) is 0. The van der Waals surface area contributed by atoms with E-state index in [0.29, 0.717) is 6.42 Å². The van der Waals surface area contributed by atoms with Gasteiger partial charge in [-0.2, -0.15) is 0 Å². The third kappa shape index (κ3) is 8.74. The Hall–Kier alpha value is -0.541. The van der Waals surface area contributed by atoms with Crippen LogP contribution in [0, 0.1) is 0 Å². The van der Waals surface area contributed by atoms with Gasteiger partial charge in [0.25, 0.3) is 0 Å². The number of aliphatic hydroxyl groups is 1. The predicted molar refractivity (Wildman–Crippen MR) is 75.1 cm³/mol. The second kappa shape index (κ2) is 12.5. The van der Waals surface area contributed by atoms with E-state index in [1.807, 2.05) is 36.4 Å². The summed E-state index contributed by atoms with van der Waals surface area (Å²) in [5.41, 5.74) is 0.951. The predicted octanol–water partition coefficient (Wildman–Crippen LogP) is 3.42. The molecule has 1 nitrogen and oxygen atoms in total. The summed E-state index contributed by atoms with van der Waals surface area (Å²) in [6.07, 6.45) is 3.87. The summed E-state index contributed by atoms with van der Waals surface area (Å²) >= 11 is 1.32. The molecule has 0 saturated carbocycles. The number of hydrogen-bond donors (Lipinski definition) is 1. The van der Waals surface area contributed by atoms with Gasteiger partial charge in [-0.25, -0.2) is 0 Å². The van der Waals surface area contributed by atoms with Crippen LogP contribution in [-0.4, -0.2) is 27.6 Å². The van der Waals surface area contributed by atoms with Crippen molar-refractivity contribution in [3.63, 3.8) is 0 Å². The van der Waals surface area contributed by atoms with E-state index >= 15 is 0 Å². The number of rotatable bonds is 4. The Balaban J connectivity index is 0. The van der Waals surface area contributed by atoms with Crippen molar-refractivity contribution in [1.82, 2.24) is 0 Å². The maximum absolute atomic E-state index is 9.45. The van der Waals surface area contributed by atoms with E-state index < -0.39 is 6.10 Å². The molecule has 0 fully saturated rings. The Morgan fingerprint density at radius 2 is 1.69 bits per heavy atom. The van der Waals surface area contributed by atoms with Crippen molar-refractivity contribution in [3.05, 3.63) is 61.2 Å². The molecule has 16 heavy (non-hydrogen) atoms. The zero-order chi connectivity index (χ0) is 11.5. The molecule has 0 aliphatic carbocycles. The van der Waals surface area contributed by atoms with Crippen LogP contribution in [0.15, 0.2) is 55.6 Å². The van der Waals surface area contributed by atoms with Crippen LogP contribution in [0.2, 0.25) is 4.44 Å². The molecule has 1 N–H and O–H groups in total. The summed E-state index contributed by atoms with van der Waals surface area (Å²) in [4.78, 5) is 0. The summed E-state index contributed by atoms with van der Waals surface area (Å²) in [5, 5.41) is 9.45. The molecule has 1 atom stereocenters. The molecule has 2 radical (unpaired) electrons. The van der Waals surface area contributed by atoms with E-state index in [-0.39, 0.29) is 7.43 Å². The molecule has 0 aliphatic rings. The monoisotopic (exact) mass is 326 g/mol. The van der Waals surface area contributed by atoms with Crippen LogP contribution in [0.25, 0.3) is 0 Å². The summed E-state index contributed by atoms with van der Waals surface area (Å²) in [6.45, 7) is 7.08. The van der Waals surface area contributed by atoms with Gasteiger partial charge in [0.2, 0.25) is 0 Å². The summed E-state index contributed by atoms with van der Waals surface area (Å²) in [5.74, 6) is 0. The van der Waals surface area contributed by atoms with E-state index in [0.717, 1.165) is 5.56 Å². The molecular weight excluding hydrogens is 303 g/mol. The second-order valence-corrected chi connectivity index (χ2v) is 4.32. The Labute approximate surface area is 113 Å². The van der Waals surface area contributed by atoms with Gasteiger partial charge in [-0.15, -0.1) is 6.58 Å². The molecule has 2 heteroatoms. The SMILES string of the molecule is C.C=CCC(O)c1ccccc1.C=C[CH2][SnH]. The fourth-order valence-electron chi connectivity index (χ4n) is 0.969. The fraction of sp³-hybridized carbons (Fsp3) is 0.286. The van der Waals surface area contributed by atoms with Crippen LogP contribution >= 0.6 is 0 Å². The van der Waals surface area contributed by atoms with Gasteiger partial charge >= 0.3 is 39.6 Å². The molecule has 0 spiro atoms. The van der Waals surface area contributed by atoms with Gasteiger partial charge in [0.15, 0.2) is 0 Å². The van der Waals surface area contributed by atoms with Crippen LogP contribution in [-0.2, 0) is 0 Å². The molecule has 0 aliphatic heterocycles. The maximum atomic E-state index is 9.45. The molecule has 1 unspecified atom stereocenters. The van der Waals surface area contributed by atoms with Gasteiger partial charge in [0, 0.05) is 0 Å². The number of allylic oxidation sites excluding steroid dienone is 1. The van der Waals surface area contributed by atoms with Crippen LogP contribution in [0.4, 0.5) is 0 Å². The third-order valence-electron chi connectivity index (χ3n) is 1.74. The van der Waals surface area contributed by atoms with E-state index in [1.165, 1.54) is 27.0 Å².